The Hall–Kier alpha value is -3.24. The van der Waals surface area contributed by atoms with Gasteiger partial charge < -0.3 is 194 Å². The number of rotatable bonds is 23. The first-order valence-electron chi connectivity index (χ1n) is 30.2. The standard InChI is InChI=1S/C55H87NO38/c1-55(2)24(56-47(80)46(55)79)7-15-3-5-16(6-4-15)87-54-45(78)38(71)31(64)23(94-54)14-86-53-44(77)37(70)30(63)22(93-53)13-85-52-43(76)36(69)29(62)21(92-52)12-84-51-42(75)35(68)28(61)20(91-51)11-83-50-41(74)34(67)27(60)19(90-50)10-82-49-40(73)33(66)26(59)18(89-49)9-81-48-39(72)32(65)25(58)17(8-57)88-48/h3-6,17-45,48-54,56-80H,7-14H2,1-2H3/t17?,18?,19?,20?,21?,22?,23?,24?,25?,26-,27?,28?,29?,30-,31?,32?,33?,34?,35?,36?,37?,38?,39?,40?,41?,42?,43?,44-,45?,48?,49?,50?,51?,52?,53?,54?/m1/s1. The van der Waals surface area contributed by atoms with Crippen LogP contribution in [0.2, 0.25) is 0 Å². The van der Waals surface area contributed by atoms with Crippen molar-refractivity contribution in [3.05, 3.63) is 41.5 Å². The number of nitrogens with one attached hydrogen (secondary N) is 1. The lowest BCUT2D eigenvalue weighted by Crippen LogP contribution is -2.63. The largest absolute Gasteiger partial charge is 0.506 e. The van der Waals surface area contributed by atoms with E-state index in [1.165, 1.54) is 12.1 Å². The molecule has 7 fully saturated rings. The van der Waals surface area contributed by atoms with E-state index in [4.69, 9.17) is 66.3 Å². The van der Waals surface area contributed by atoms with E-state index in [1.807, 2.05) is 0 Å². The van der Waals surface area contributed by atoms with E-state index in [-0.39, 0.29) is 23.4 Å². The molecule has 9 rings (SSSR count). The van der Waals surface area contributed by atoms with Crippen LogP contribution in [-0.2, 0) is 68.0 Å². The van der Waals surface area contributed by atoms with Crippen LogP contribution >= 0.6 is 0 Å². The number of hydrogen-bond acceptors (Lipinski definition) is 39. The van der Waals surface area contributed by atoms with Crippen molar-refractivity contribution < 1.29 is 189 Å². The van der Waals surface area contributed by atoms with Gasteiger partial charge in [0.25, 0.3) is 0 Å². The minimum Gasteiger partial charge on any atom is -0.506 e. The molecular weight excluding hydrogens is 1280 g/mol. The molecule has 1 aromatic carbocycles. The van der Waals surface area contributed by atoms with Crippen molar-refractivity contribution in [1.29, 1.82) is 0 Å². The van der Waals surface area contributed by atoms with Crippen molar-refractivity contribution in [3.63, 3.8) is 0 Å². The average Bonchev–Trinajstić information content (AvgIpc) is 1.46. The van der Waals surface area contributed by atoms with Gasteiger partial charge in [-0.3, -0.25) is 0 Å². The highest BCUT2D eigenvalue weighted by molar-refractivity contribution is 5.30. The second-order valence-electron chi connectivity index (χ2n) is 24.9. The summed E-state index contributed by atoms with van der Waals surface area (Å²) in [6, 6.07) is 6.04. The predicted octanol–water partition coefficient (Wildman–Crippen LogP) is -13.4. The molecule has 0 bridgehead atoms. The van der Waals surface area contributed by atoms with Gasteiger partial charge in [0.05, 0.1) is 46.2 Å². The molecule has 25 N–H and O–H groups in total. The lowest BCUT2D eigenvalue weighted by atomic mass is 9.82. The smallest absolute Gasteiger partial charge is 0.229 e. The zero-order chi connectivity index (χ0) is 68.7. The second-order valence-corrected chi connectivity index (χ2v) is 24.9. The third-order valence-electron chi connectivity index (χ3n) is 18.0. The van der Waals surface area contributed by atoms with Crippen LogP contribution < -0.4 is 10.1 Å². The van der Waals surface area contributed by atoms with Gasteiger partial charge in [-0.15, -0.1) is 0 Å². The fourth-order valence-corrected chi connectivity index (χ4v) is 11.7. The summed E-state index contributed by atoms with van der Waals surface area (Å²) >= 11 is 0. The van der Waals surface area contributed by atoms with Crippen LogP contribution in [0, 0.1) is 5.41 Å². The SMILES string of the molecule is CC1(C)C(O)=C(O)NC1Cc1ccc(OC2OC(COC3OC(COC4OC(COC5OC(COC6OC(COC7OC(COC8OC(CO)C(O)C(O)C8O)[C@@H](O)C(O)C7O)C(O)C(O)C6O)C(O)C(O)C5O)C(O)C(O)C4O)[C@@H](O)C(O)[C@H]3O)C(O)C(O)C2O)cc1. The van der Waals surface area contributed by atoms with Crippen molar-refractivity contribution >= 4 is 0 Å². The average molecular weight is 1370 g/mol. The fourth-order valence-electron chi connectivity index (χ4n) is 11.7. The monoisotopic (exact) mass is 1370 g/mol. The third kappa shape index (κ3) is 16.0. The molecule has 39 heteroatoms. The maximum Gasteiger partial charge on any atom is 0.229 e. The highest BCUT2D eigenvalue weighted by Gasteiger charge is 2.54. The molecule has 36 atom stereocenters. The van der Waals surface area contributed by atoms with Crippen LogP contribution in [0.3, 0.4) is 0 Å². The molecule has 540 valence electrons. The first-order valence-corrected chi connectivity index (χ1v) is 30.2. The third-order valence-corrected chi connectivity index (χ3v) is 18.0. The van der Waals surface area contributed by atoms with E-state index in [9.17, 15) is 123 Å². The number of hydrogen-bond donors (Lipinski definition) is 25. The highest BCUT2D eigenvalue weighted by Crippen LogP contribution is 2.38. The Kier molecular flexibility index (Phi) is 25.1. The summed E-state index contributed by atoms with van der Waals surface area (Å²) in [5.74, 6) is -0.352. The van der Waals surface area contributed by atoms with Gasteiger partial charge in [-0.25, -0.2) is 0 Å². The number of aliphatic hydroxyl groups is 24. The second kappa shape index (κ2) is 31.5. The molecule has 33 unspecified atom stereocenters. The van der Waals surface area contributed by atoms with E-state index in [1.54, 1.807) is 26.0 Å². The molecule has 0 saturated carbocycles. The molecule has 94 heavy (non-hydrogen) atoms. The van der Waals surface area contributed by atoms with Crippen LogP contribution in [0.1, 0.15) is 19.4 Å². The summed E-state index contributed by atoms with van der Waals surface area (Å²) in [7, 11) is 0. The van der Waals surface area contributed by atoms with Crippen molar-refractivity contribution in [3.8, 4) is 5.75 Å². The van der Waals surface area contributed by atoms with Gasteiger partial charge in [-0.2, -0.15) is 0 Å². The van der Waals surface area contributed by atoms with Crippen LogP contribution in [-0.4, -0.2) is 390 Å². The lowest BCUT2D eigenvalue weighted by molar-refractivity contribution is -0.353. The van der Waals surface area contributed by atoms with Gasteiger partial charge in [-0.05, 0) is 24.1 Å². The first kappa shape index (κ1) is 75.0. The molecule has 0 amide bonds. The molecule has 8 heterocycles. The number of benzene rings is 1. The molecular formula is C55H87NO38. The fraction of sp³-hybridized carbons (Fsp3) is 0.855. The van der Waals surface area contributed by atoms with E-state index in [0.29, 0.717) is 6.42 Å². The van der Waals surface area contributed by atoms with Crippen molar-refractivity contribution in [2.75, 3.05) is 46.2 Å². The number of ether oxygens (including phenoxy) is 14. The molecule has 0 aromatic heterocycles. The van der Waals surface area contributed by atoms with Crippen molar-refractivity contribution in [2.45, 2.75) is 241 Å². The number of aliphatic hydroxyl groups excluding tert-OH is 24. The van der Waals surface area contributed by atoms with E-state index >= 15 is 0 Å². The molecule has 7 saturated heterocycles. The molecule has 8 aliphatic heterocycles. The Labute approximate surface area is 533 Å². The Balaban J connectivity index is 0.743. The topological polar surface area (TPSA) is 627 Å². The van der Waals surface area contributed by atoms with Gasteiger partial charge in [0.1, 0.15) is 177 Å². The van der Waals surface area contributed by atoms with Crippen molar-refractivity contribution in [2.24, 2.45) is 5.41 Å². The summed E-state index contributed by atoms with van der Waals surface area (Å²) in [5, 5.41) is 258. The Morgan fingerprint density at radius 2 is 0.564 bits per heavy atom. The van der Waals surface area contributed by atoms with Gasteiger partial charge in [-0.1, -0.05) is 26.0 Å². The van der Waals surface area contributed by atoms with Gasteiger partial charge in [0.15, 0.2) is 43.5 Å². The Morgan fingerprint density at radius 1 is 0.330 bits per heavy atom. The minimum atomic E-state index is -2.07. The maximum absolute atomic E-state index is 10.9. The first-order chi connectivity index (χ1) is 44.3. The summed E-state index contributed by atoms with van der Waals surface area (Å²) in [5.41, 5.74) is -0.0188. The molecule has 1 aromatic rings. The Bertz CT molecular complexity index is 2570. The van der Waals surface area contributed by atoms with Crippen molar-refractivity contribution in [1.82, 2.24) is 5.32 Å². The zero-order valence-corrected chi connectivity index (χ0v) is 50.2. The van der Waals surface area contributed by atoms with Crippen LogP contribution in [0.5, 0.6) is 5.75 Å². The van der Waals surface area contributed by atoms with E-state index in [2.05, 4.69) is 5.32 Å². The van der Waals surface area contributed by atoms with Gasteiger partial charge >= 0.3 is 0 Å². The van der Waals surface area contributed by atoms with Gasteiger partial charge in [0.2, 0.25) is 12.2 Å². The summed E-state index contributed by atoms with van der Waals surface area (Å²) in [6.45, 7) is -2.04. The normalized spacial score (nSPS) is 48.5. The van der Waals surface area contributed by atoms with E-state index < -0.39 is 267 Å². The van der Waals surface area contributed by atoms with E-state index in [0.717, 1.165) is 5.56 Å². The summed E-state index contributed by atoms with van der Waals surface area (Å²) in [4.78, 5) is 0. The summed E-state index contributed by atoms with van der Waals surface area (Å²) < 4.78 is 78.4. The minimum absolute atomic E-state index is 0.155. The van der Waals surface area contributed by atoms with Gasteiger partial charge in [0, 0.05) is 11.5 Å². The van der Waals surface area contributed by atoms with Crippen LogP contribution in [0.4, 0.5) is 0 Å². The quantitative estimate of drug-likeness (QED) is 0.0484. The summed E-state index contributed by atoms with van der Waals surface area (Å²) in [6.07, 6.45) is -64.3. The lowest BCUT2D eigenvalue weighted by Gasteiger charge is -2.45. The van der Waals surface area contributed by atoms with Crippen LogP contribution in [0.25, 0.3) is 0 Å². The zero-order valence-electron chi connectivity index (χ0n) is 50.2. The Morgan fingerprint density at radius 3 is 0.809 bits per heavy atom. The maximum atomic E-state index is 10.9. The molecule has 8 aliphatic rings. The molecule has 0 spiro atoms. The molecule has 0 aliphatic carbocycles. The van der Waals surface area contributed by atoms with Crippen LogP contribution in [0.15, 0.2) is 35.9 Å². The molecule has 0 radical (unpaired) electrons. The molecule has 39 nitrogen and oxygen atoms in total. The highest BCUT2D eigenvalue weighted by atomic mass is 16.8. The predicted molar refractivity (Wildman–Crippen MR) is 293 cm³/mol.